The molecular formula is C24H22N4O3. The van der Waals surface area contributed by atoms with Gasteiger partial charge in [-0.1, -0.05) is 36.4 Å². The highest BCUT2D eigenvalue weighted by Gasteiger charge is 2.33. The SMILES string of the molecule is O=C(NCc1ccccn1)c1ccc(CN2CCN(c3ccccc3)C(=O)C2=O)cc1. The van der Waals surface area contributed by atoms with E-state index < -0.39 is 11.8 Å². The molecule has 0 aliphatic carbocycles. The van der Waals surface area contributed by atoms with E-state index in [0.29, 0.717) is 31.7 Å². The summed E-state index contributed by atoms with van der Waals surface area (Å²) in [5.41, 5.74) is 2.89. The van der Waals surface area contributed by atoms with E-state index in [-0.39, 0.29) is 5.91 Å². The number of nitrogens with one attached hydrogen (secondary N) is 1. The molecule has 2 heterocycles. The van der Waals surface area contributed by atoms with Crippen LogP contribution in [0.1, 0.15) is 21.6 Å². The molecule has 1 aliphatic rings. The summed E-state index contributed by atoms with van der Waals surface area (Å²) in [6.45, 7) is 1.57. The average molecular weight is 414 g/mol. The standard InChI is InChI=1S/C24H22N4O3/c29-22(26-16-20-6-4-5-13-25-20)19-11-9-18(10-12-19)17-27-14-15-28(24(31)23(27)30)21-7-2-1-3-8-21/h1-13H,14-17H2,(H,26,29). The first-order valence-electron chi connectivity index (χ1n) is 10.0. The molecule has 156 valence electrons. The Labute approximate surface area is 180 Å². The summed E-state index contributed by atoms with van der Waals surface area (Å²) in [4.78, 5) is 44.7. The highest BCUT2D eigenvalue weighted by Crippen LogP contribution is 2.19. The molecule has 0 saturated carbocycles. The summed E-state index contributed by atoms with van der Waals surface area (Å²) in [5.74, 6) is -1.24. The van der Waals surface area contributed by atoms with Crippen LogP contribution in [0, 0.1) is 0 Å². The van der Waals surface area contributed by atoms with Gasteiger partial charge in [0.25, 0.3) is 5.91 Å². The Morgan fingerprint density at radius 3 is 2.32 bits per heavy atom. The van der Waals surface area contributed by atoms with Crippen molar-refractivity contribution in [2.24, 2.45) is 0 Å². The number of anilines is 1. The van der Waals surface area contributed by atoms with Crippen LogP contribution in [0.4, 0.5) is 5.69 Å². The molecule has 0 spiro atoms. The summed E-state index contributed by atoms with van der Waals surface area (Å²) in [6, 6.07) is 21.8. The third kappa shape index (κ3) is 4.78. The van der Waals surface area contributed by atoms with Gasteiger partial charge in [-0.2, -0.15) is 0 Å². The van der Waals surface area contributed by atoms with Gasteiger partial charge in [0.05, 0.1) is 12.2 Å². The number of hydrogen-bond donors (Lipinski definition) is 1. The van der Waals surface area contributed by atoms with Crippen molar-refractivity contribution in [1.82, 2.24) is 15.2 Å². The number of para-hydroxylation sites is 1. The molecule has 7 nitrogen and oxygen atoms in total. The molecule has 1 saturated heterocycles. The second kappa shape index (κ2) is 9.21. The third-order valence-corrected chi connectivity index (χ3v) is 5.12. The van der Waals surface area contributed by atoms with Gasteiger partial charge in [-0.25, -0.2) is 0 Å². The lowest BCUT2D eigenvalue weighted by molar-refractivity contribution is -0.146. The number of nitrogens with zero attached hydrogens (tertiary/aromatic N) is 3. The Morgan fingerprint density at radius 2 is 1.61 bits per heavy atom. The van der Waals surface area contributed by atoms with Gasteiger partial charge in [-0.3, -0.25) is 19.4 Å². The van der Waals surface area contributed by atoms with E-state index >= 15 is 0 Å². The highest BCUT2D eigenvalue weighted by molar-refractivity contribution is 6.40. The monoisotopic (exact) mass is 414 g/mol. The second-order valence-corrected chi connectivity index (χ2v) is 7.22. The lowest BCUT2D eigenvalue weighted by atomic mass is 10.1. The fourth-order valence-corrected chi connectivity index (χ4v) is 3.44. The number of carbonyl (C=O) groups excluding carboxylic acids is 3. The second-order valence-electron chi connectivity index (χ2n) is 7.22. The maximum atomic E-state index is 12.6. The van der Waals surface area contributed by atoms with Crippen LogP contribution in [0.5, 0.6) is 0 Å². The lowest BCUT2D eigenvalue weighted by Gasteiger charge is -2.33. The predicted octanol–water partition coefficient (Wildman–Crippen LogP) is 2.39. The molecular weight excluding hydrogens is 392 g/mol. The van der Waals surface area contributed by atoms with Gasteiger partial charge >= 0.3 is 11.8 Å². The molecule has 1 aliphatic heterocycles. The first kappa shape index (κ1) is 20.3. The molecule has 2 aromatic carbocycles. The Kier molecular flexibility index (Phi) is 6.03. The van der Waals surface area contributed by atoms with Gasteiger partial charge < -0.3 is 15.1 Å². The van der Waals surface area contributed by atoms with Crippen LogP contribution in [0.15, 0.2) is 79.0 Å². The van der Waals surface area contributed by atoms with E-state index in [9.17, 15) is 14.4 Å². The molecule has 1 N–H and O–H groups in total. The largest absolute Gasteiger partial charge is 0.346 e. The van der Waals surface area contributed by atoms with Crippen LogP contribution < -0.4 is 10.2 Å². The Morgan fingerprint density at radius 1 is 0.871 bits per heavy atom. The molecule has 1 fully saturated rings. The lowest BCUT2D eigenvalue weighted by Crippen LogP contribution is -2.54. The fourth-order valence-electron chi connectivity index (χ4n) is 3.44. The molecule has 4 rings (SSSR count). The van der Waals surface area contributed by atoms with E-state index in [4.69, 9.17) is 0 Å². The van der Waals surface area contributed by atoms with E-state index in [0.717, 1.165) is 16.9 Å². The molecule has 3 aromatic rings. The maximum Gasteiger partial charge on any atom is 0.316 e. The Balaban J connectivity index is 1.34. The number of amides is 3. The number of benzene rings is 2. The van der Waals surface area contributed by atoms with Gasteiger partial charge in [0.1, 0.15) is 0 Å². The van der Waals surface area contributed by atoms with Crippen LogP contribution in [0.25, 0.3) is 0 Å². The number of pyridine rings is 1. The van der Waals surface area contributed by atoms with Crippen LogP contribution in [0.3, 0.4) is 0 Å². The van der Waals surface area contributed by atoms with E-state index in [1.807, 2.05) is 48.5 Å². The summed E-state index contributed by atoms with van der Waals surface area (Å²) in [5, 5.41) is 2.83. The quantitative estimate of drug-likeness (QED) is 0.628. The van der Waals surface area contributed by atoms with Crippen LogP contribution in [-0.2, 0) is 22.7 Å². The van der Waals surface area contributed by atoms with E-state index in [2.05, 4.69) is 10.3 Å². The molecule has 7 heteroatoms. The summed E-state index contributed by atoms with van der Waals surface area (Å²) >= 11 is 0. The number of piperazine rings is 1. The van der Waals surface area contributed by atoms with E-state index in [1.165, 1.54) is 9.80 Å². The average Bonchev–Trinajstić information content (AvgIpc) is 2.82. The Hall–Kier alpha value is -4.00. The molecule has 0 unspecified atom stereocenters. The molecule has 3 amide bonds. The van der Waals surface area contributed by atoms with Crippen molar-refractivity contribution >= 4 is 23.4 Å². The van der Waals surface area contributed by atoms with Gasteiger partial charge in [-0.15, -0.1) is 0 Å². The minimum absolute atomic E-state index is 0.195. The molecule has 0 bridgehead atoms. The summed E-state index contributed by atoms with van der Waals surface area (Å²) in [7, 11) is 0. The van der Waals surface area contributed by atoms with Crippen molar-refractivity contribution in [1.29, 1.82) is 0 Å². The number of aromatic nitrogens is 1. The first-order chi connectivity index (χ1) is 15.1. The fraction of sp³-hybridized carbons (Fsp3) is 0.167. The van der Waals surface area contributed by atoms with Crippen molar-refractivity contribution in [3.05, 3.63) is 95.8 Å². The van der Waals surface area contributed by atoms with Gasteiger partial charge in [0.2, 0.25) is 0 Å². The topological polar surface area (TPSA) is 82.6 Å². The highest BCUT2D eigenvalue weighted by atomic mass is 16.2. The molecule has 0 atom stereocenters. The third-order valence-electron chi connectivity index (χ3n) is 5.12. The van der Waals surface area contributed by atoms with Crippen molar-refractivity contribution in [3.63, 3.8) is 0 Å². The first-order valence-corrected chi connectivity index (χ1v) is 10.0. The van der Waals surface area contributed by atoms with Gasteiger partial charge in [0.15, 0.2) is 0 Å². The smallest absolute Gasteiger partial charge is 0.316 e. The van der Waals surface area contributed by atoms with Crippen molar-refractivity contribution < 1.29 is 14.4 Å². The molecule has 0 radical (unpaired) electrons. The predicted molar refractivity (Wildman–Crippen MR) is 116 cm³/mol. The number of hydrogen-bond acceptors (Lipinski definition) is 4. The van der Waals surface area contributed by atoms with Crippen LogP contribution in [0.2, 0.25) is 0 Å². The number of carbonyl (C=O) groups is 3. The zero-order valence-corrected chi connectivity index (χ0v) is 16.9. The maximum absolute atomic E-state index is 12.6. The van der Waals surface area contributed by atoms with Crippen LogP contribution >= 0.6 is 0 Å². The summed E-state index contributed by atoms with van der Waals surface area (Å²) < 4.78 is 0. The normalized spacial score (nSPS) is 13.9. The van der Waals surface area contributed by atoms with Crippen molar-refractivity contribution in [3.8, 4) is 0 Å². The minimum atomic E-state index is -0.525. The van der Waals surface area contributed by atoms with Gasteiger partial charge in [-0.05, 0) is 42.0 Å². The van der Waals surface area contributed by atoms with Crippen molar-refractivity contribution in [2.75, 3.05) is 18.0 Å². The molecule has 1 aromatic heterocycles. The summed E-state index contributed by atoms with van der Waals surface area (Å²) in [6.07, 6.45) is 1.68. The zero-order chi connectivity index (χ0) is 21.6. The van der Waals surface area contributed by atoms with Crippen molar-refractivity contribution in [2.45, 2.75) is 13.1 Å². The minimum Gasteiger partial charge on any atom is -0.346 e. The van der Waals surface area contributed by atoms with Gasteiger partial charge in [0, 0.05) is 37.1 Å². The zero-order valence-electron chi connectivity index (χ0n) is 16.9. The Bertz CT molecular complexity index is 1070. The number of rotatable bonds is 6. The molecule has 31 heavy (non-hydrogen) atoms. The van der Waals surface area contributed by atoms with E-state index in [1.54, 1.807) is 30.5 Å². The van der Waals surface area contributed by atoms with Crippen LogP contribution in [-0.4, -0.2) is 40.7 Å².